The van der Waals surface area contributed by atoms with Crippen LogP contribution in [0.4, 0.5) is 0 Å². The van der Waals surface area contributed by atoms with E-state index >= 15 is 0 Å². The Morgan fingerprint density at radius 3 is 2.21 bits per heavy atom. The third-order valence-electron chi connectivity index (χ3n) is 6.58. The summed E-state index contributed by atoms with van der Waals surface area (Å²) in [6.45, 7) is 13.7. The fraction of sp³-hybridized carbons (Fsp3) is 0.741. The second-order valence-electron chi connectivity index (χ2n) is 10.3. The smallest absolute Gasteiger partial charge is 0.306 e. The zero-order valence-electron chi connectivity index (χ0n) is 21.7. The second kappa shape index (κ2) is 14.6. The molecule has 0 unspecified atom stereocenters. The predicted molar refractivity (Wildman–Crippen MR) is 134 cm³/mol. The van der Waals surface area contributed by atoms with Gasteiger partial charge in [0.15, 0.2) is 0 Å². The maximum absolute atomic E-state index is 11.5. The molecule has 0 fully saturated rings. The van der Waals surface area contributed by atoms with Crippen molar-refractivity contribution in [2.24, 2.45) is 29.4 Å². The molecule has 1 aromatic rings. The van der Waals surface area contributed by atoms with Gasteiger partial charge in [0.25, 0.3) is 0 Å². The summed E-state index contributed by atoms with van der Waals surface area (Å²) in [6, 6.07) is 5.99. The lowest BCUT2D eigenvalue weighted by atomic mass is 9.81. The molecule has 0 aliphatic heterocycles. The predicted octanol–water partition coefficient (Wildman–Crippen LogP) is 4.87. The van der Waals surface area contributed by atoms with Gasteiger partial charge in [-0.2, -0.15) is 0 Å². The van der Waals surface area contributed by atoms with E-state index in [1.165, 1.54) is 11.1 Å². The summed E-state index contributed by atoms with van der Waals surface area (Å²) in [7, 11) is 1.69. The number of hydrogen-bond acceptors (Lipinski definition) is 5. The fourth-order valence-electron chi connectivity index (χ4n) is 4.19. The Kier molecular flexibility index (Phi) is 13.0. The van der Waals surface area contributed by atoms with Crippen LogP contribution in [-0.4, -0.2) is 48.7 Å². The van der Waals surface area contributed by atoms with Gasteiger partial charge in [-0.3, -0.25) is 4.79 Å². The number of ether oxygens (including phenoxy) is 2. The first-order chi connectivity index (χ1) is 15.5. The Morgan fingerprint density at radius 2 is 1.70 bits per heavy atom. The number of aliphatic carboxylic acids is 1. The number of carboxylic acid groups (broad SMARTS) is 1. The van der Waals surface area contributed by atoms with Gasteiger partial charge in [0.05, 0.1) is 18.6 Å². The first-order valence-corrected chi connectivity index (χ1v) is 12.4. The van der Waals surface area contributed by atoms with Gasteiger partial charge in [-0.1, -0.05) is 53.7 Å². The number of carboxylic acids is 1. The van der Waals surface area contributed by atoms with Gasteiger partial charge in [-0.15, -0.1) is 0 Å². The van der Waals surface area contributed by atoms with Gasteiger partial charge in [0.2, 0.25) is 0 Å². The Labute approximate surface area is 200 Å². The minimum atomic E-state index is -0.875. The summed E-state index contributed by atoms with van der Waals surface area (Å²) in [5.41, 5.74) is 8.75. The summed E-state index contributed by atoms with van der Waals surface area (Å²) in [5.74, 6) is 0.412. The van der Waals surface area contributed by atoms with Gasteiger partial charge in [0.1, 0.15) is 5.75 Å². The molecular formula is C27H47NO5. The average molecular weight is 466 g/mol. The SMILES string of the molecule is COCCCOc1cc(C[C@@H](C[C@H](N)[C@@H](O)C[C@H](C(=O)O)C(C)C)C(C)C)ccc1C(C)C. The number of carbonyl (C=O) groups is 1. The highest BCUT2D eigenvalue weighted by molar-refractivity contribution is 5.70. The molecule has 4 atom stereocenters. The van der Waals surface area contributed by atoms with E-state index in [9.17, 15) is 15.0 Å². The van der Waals surface area contributed by atoms with Crippen LogP contribution >= 0.6 is 0 Å². The van der Waals surface area contributed by atoms with Crippen molar-refractivity contribution in [3.05, 3.63) is 29.3 Å². The first-order valence-electron chi connectivity index (χ1n) is 12.4. The van der Waals surface area contributed by atoms with Crippen LogP contribution in [0.3, 0.4) is 0 Å². The number of rotatable bonds is 16. The van der Waals surface area contributed by atoms with E-state index < -0.39 is 24.0 Å². The molecule has 190 valence electrons. The van der Waals surface area contributed by atoms with Crippen molar-refractivity contribution in [1.29, 1.82) is 0 Å². The summed E-state index contributed by atoms with van der Waals surface area (Å²) < 4.78 is 11.2. The van der Waals surface area contributed by atoms with Crippen molar-refractivity contribution in [2.75, 3.05) is 20.3 Å². The van der Waals surface area contributed by atoms with Crippen molar-refractivity contribution in [3.8, 4) is 5.75 Å². The molecule has 0 saturated heterocycles. The number of hydrogen-bond donors (Lipinski definition) is 3. The highest BCUT2D eigenvalue weighted by Crippen LogP contribution is 2.31. The lowest BCUT2D eigenvalue weighted by molar-refractivity contribution is -0.144. The Bertz CT molecular complexity index is 704. The third kappa shape index (κ3) is 10.0. The molecule has 0 aliphatic carbocycles. The lowest BCUT2D eigenvalue weighted by Gasteiger charge is -2.29. The molecular weight excluding hydrogens is 418 g/mol. The van der Waals surface area contributed by atoms with E-state index in [0.717, 1.165) is 18.6 Å². The molecule has 0 saturated carbocycles. The van der Waals surface area contributed by atoms with E-state index in [0.29, 0.717) is 31.5 Å². The zero-order valence-corrected chi connectivity index (χ0v) is 21.7. The molecule has 0 aromatic heterocycles. The van der Waals surface area contributed by atoms with Gasteiger partial charge in [-0.05, 0) is 60.1 Å². The second-order valence-corrected chi connectivity index (χ2v) is 10.3. The van der Waals surface area contributed by atoms with Crippen LogP contribution in [0.2, 0.25) is 0 Å². The molecule has 1 aromatic carbocycles. The molecule has 0 radical (unpaired) electrons. The van der Waals surface area contributed by atoms with Crippen LogP contribution in [0.5, 0.6) is 5.75 Å². The van der Waals surface area contributed by atoms with Crippen molar-refractivity contribution in [1.82, 2.24) is 0 Å². The summed E-state index contributed by atoms with van der Waals surface area (Å²) >= 11 is 0. The molecule has 0 spiro atoms. The van der Waals surface area contributed by atoms with Gasteiger partial charge in [0, 0.05) is 26.2 Å². The normalized spacial score (nSPS) is 15.6. The van der Waals surface area contributed by atoms with Crippen molar-refractivity contribution < 1.29 is 24.5 Å². The molecule has 4 N–H and O–H groups in total. The van der Waals surface area contributed by atoms with Crippen molar-refractivity contribution >= 4 is 5.97 Å². The van der Waals surface area contributed by atoms with E-state index in [2.05, 4.69) is 45.9 Å². The van der Waals surface area contributed by atoms with Crippen LogP contribution in [0.15, 0.2) is 18.2 Å². The van der Waals surface area contributed by atoms with Gasteiger partial charge < -0.3 is 25.4 Å². The molecule has 0 amide bonds. The number of nitrogens with two attached hydrogens (primary N) is 1. The number of aliphatic hydroxyl groups excluding tert-OH is 1. The molecule has 33 heavy (non-hydrogen) atoms. The lowest BCUT2D eigenvalue weighted by Crippen LogP contribution is -2.40. The number of aliphatic hydroxyl groups is 1. The maximum Gasteiger partial charge on any atom is 0.306 e. The van der Waals surface area contributed by atoms with Crippen LogP contribution in [0.25, 0.3) is 0 Å². The quantitative estimate of drug-likeness (QED) is 0.301. The minimum Gasteiger partial charge on any atom is -0.493 e. The Morgan fingerprint density at radius 1 is 1.03 bits per heavy atom. The standard InChI is InChI=1S/C27H47NO5/c1-17(2)21(15-24(28)25(29)16-23(19(5)6)27(30)31)13-20-9-10-22(18(3)4)26(14-20)33-12-8-11-32-7/h9-10,14,17-19,21,23-25,29H,8,11-13,15-16,28H2,1-7H3,(H,30,31)/t21-,23-,24-,25-/m0/s1. The fourth-order valence-corrected chi connectivity index (χ4v) is 4.19. The largest absolute Gasteiger partial charge is 0.493 e. The molecule has 6 heteroatoms. The molecule has 0 aliphatic rings. The van der Waals surface area contributed by atoms with Crippen molar-refractivity contribution in [3.63, 3.8) is 0 Å². The summed E-state index contributed by atoms with van der Waals surface area (Å²) in [5, 5.41) is 20.1. The van der Waals surface area contributed by atoms with Gasteiger partial charge in [-0.25, -0.2) is 0 Å². The molecule has 6 nitrogen and oxygen atoms in total. The van der Waals surface area contributed by atoms with Crippen LogP contribution in [0, 0.1) is 23.7 Å². The monoisotopic (exact) mass is 465 g/mol. The van der Waals surface area contributed by atoms with Crippen LogP contribution in [-0.2, 0) is 16.0 Å². The van der Waals surface area contributed by atoms with Crippen LogP contribution in [0.1, 0.15) is 77.8 Å². The highest BCUT2D eigenvalue weighted by Gasteiger charge is 2.29. The molecule has 1 rings (SSSR count). The minimum absolute atomic E-state index is 0.0490. The maximum atomic E-state index is 11.5. The summed E-state index contributed by atoms with van der Waals surface area (Å²) in [6.07, 6.45) is 1.66. The van der Waals surface area contributed by atoms with E-state index in [1.54, 1.807) is 7.11 Å². The molecule has 0 bridgehead atoms. The topological polar surface area (TPSA) is 102 Å². The van der Waals surface area contributed by atoms with E-state index in [-0.39, 0.29) is 18.3 Å². The van der Waals surface area contributed by atoms with Crippen LogP contribution < -0.4 is 10.5 Å². The van der Waals surface area contributed by atoms with E-state index in [1.807, 2.05) is 13.8 Å². The number of methoxy groups -OCH3 is 1. The number of benzene rings is 1. The Hall–Kier alpha value is -1.63. The van der Waals surface area contributed by atoms with E-state index in [4.69, 9.17) is 15.2 Å². The first kappa shape index (κ1) is 29.4. The Balaban J connectivity index is 2.91. The average Bonchev–Trinajstić information content (AvgIpc) is 2.73. The van der Waals surface area contributed by atoms with Gasteiger partial charge >= 0.3 is 5.97 Å². The zero-order chi connectivity index (χ0) is 25.1. The third-order valence-corrected chi connectivity index (χ3v) is 6.58. The highest BCUT2D eigenvalue weighted by atomic mass is 16.5. The van der Waals surface area contributed by atoms with Crippen molar-refractivity contribution in [2.45, 2.75) is 85.3 Å². The molecule has 0 heterocycles. The summed E-state index contributed by atoms with van der Waals surface area (Å²) in [4.78, 5) is 11.5.